The summed E-state index contributed by atoms with van der Waals surface area (Å²) in [5.74, 6) is 1.76. The molecule has 172 valence electrons. The van der Waals surface area contributed by atoms with Crippen LogP contribution in [0.5, 0.6) is 11.5 Å². The normalized spacial score (nSPS) is 11.4. The second-order valence-electron chi connectivity index (χ2n) is 8.47. The number of anilines is 1. The minimum absolute atomic E-state index is 0.0327. The molecule has 0 aliphatic carbocycles. The average molecular weight is 456 g/mol. The number of aryl methyl sites for hydroxylation is 1. The van der Waals surface area contributed by atoms with Crippen LogP contribution in [0.4, 0.5) is 5.13 Å². The van der Waals surface area contributed by atoms with Crippen molar-refractivity contribution in [1.29, 1.82) is 0 Å². The minimum atomic E-state index is -0.104. The molecule has 0 saturated carbocycles. The summed E-state index contributed by atoms with van der Waals surface area (Å²) in [5, 5.41) is 0.676. The van der Waals surface area contributed by atoms with Crippen LogP contribution in [0.1, 0.15) is 37.3 Å². The number of rotatable bonds is 10. The van der Waals surface area contributed by atoms with Gasteiger partial charge in [0.25, 0.3) is 5.91 Å². The lowest BCUT2D eigenvalue weighted by Crippen LogP contribution is -2.36. The molecule has 3 rings (SSSR count). The molecule has 1 amide bonds. The van der Waals surface area contributed by atoms with Crippen molar-refractivity contribution in [2.24, 2.45) is 0 Å². The highest BCUT2D eigenvalue weighted by Crippen LogP contribution is 2.36. The molecule has 7 heteroatoms. The molecular weight excluding hydrogens is 422 g/mol. The zero-order valence-corrected chi connectivity index (χ0v) is 20.7. The number of benzene rings is 2. The predicted molar refractivity (Wildman–Crippen MR) is 132 cm³/mol. The Morgan fingerprint density at radius 1 is 1.09 bits per heavy atom. The fourth-order valence-corrected chi connectivity index (χ4v) is 4.52. The number of carbonyl (C=O) groups excluding carboxylic acids is 1. The molecule has 0 N–H and O–H groups in total. The van der Waals surface area contributed by atoms with Crippen LogP contribution in [0.25, 0.3) is 10.2 Å². The summed E-state index contributed by atoms with van der Waals surface area (Å²) in [6.45, 7) is 7.78. The molecule has 3 aromatic rings. The summed E-state index contributed by atoms with van der Waals surface area (Å²) >= 11 is 1.52. The number of methoxy groups -OCH3 is 1. The molecule has 6 nitrogen and oxygen atoms in total. The van der Waals surface area contributed by atoms with Gasteiger partial charge < -0.3 is 14.4 Å². The molecule has 32 heavy (non-hydrogen) atoms. The quantitative estimate of drug-likeness (QED) is 0.426. The minimum Gasteiger partial charge on any atom is -0.494 e. The first-order valence-electron chi connectivity index (χ1n) is 10.9. The van der Waals surface area contributed by atoms with Crippen LogP contribution in [0, 0.1) is 6.92 Å². The number of thiazole rings is 1. The summed E-state index contributed by atoms with van der Waals surface area (Å²) in [4.78, 5) is 21.8. The van der Waals surface area contributed by atoms with Gasteiger partial charge in [-0.25, -0.2) is 4.98 Å². The fourth-order valence-electron chi connectivity index (χ4n) is 3.42. The van der Waals surface area contributed by atoms with Gasteiger partial charge in [0.2, 0.25) is 0 Å². The lowest BCUT2D eigenvalue weighted by atomic mass is 10.0. The monoisotopic (exact) mass is 455 g/mol. The van der Waals surface area contributed by atoms with Crippen LogP contribution >= 0.6 is 11.3 Å². The summed E-state index contributed by atoms with van der Waals surface area (Å²) in [6.07, 6.45) is 0.841. The van der Waals surface area contributed by atoms with Gasteiger partial charge in [-0.3, -0.25) is 9.69 Å². The van der Waals surface area contributed by atoms with Crippen molar-refractivity contribution in [3.8, 4) is 11.5 Å². The molecule has 1 heterocycles. The molecule has 2 aromatic carbocycles. The maximum atomic E-state index is 13.2. The second kappa shape index (κ2) is 10.8. The summed E-state index contributed by atoms with van der Waals surface area (Å²) in [6, 6.07) is 11.9. The van der Waals surface area contributed by atoms with E-state index in [1.165, 1.54) is 16.9 Å². The van der Waals surface area contributed by atoms with E-state index >= 15 is 0 Å². The number of hydrogen-bond acceptors (Lipinski definition) is 6. The number of carbonyl (C=O) groups is 1. The van der Waals surface area contributed by atoms with Crippen LogP contribution in [0.15, 0.2) is 36.4 Å². The Kier molecular flexibility index (Phi) is 8.10. The molecule has 0 fully saturated rings. The van der Waals surface area contributed by atoms with E-state index in [0.29, 0.717) is 23.3 Å². The molecule has 0 aliphatic heterocycles. The van der Waals surface area contributed by atoms with Gasteiger partial charge in [-0.05, 0) is 69.2 Å². The van der Waals surface area contributed by atoms with E-state index in [1.807, 2.05) is 57.4 Å². The molecular formula is C25H33N3O3S. The van der Waals surface area contributed by atoms with Gasteiger partial charge >= 0.3 is 0 Å². The number of amides is 1. The molecule has 0 bridgehead atoms. The van der Waals surface area contributed by atoms with Crippen molar-refractivity contribution in [1.82, 2.24) is 9.88 Å². The first kappa shape index (κ1) is 24.0. The molecule has 0 saturated heterocycles. The Bertz CT molecular complexity index is 1040. The Balaban J connectivity index is 1.81. The first-order valence-corrected chi connectivity index (χ1v) is 11.7. The first-order chi connectivity index (χ1) is 15.3. The van der Waals surface area contributed by atoms with Crippen molar-refractivity contribution in [2.45, 2.75) is 33.1 Å². The Morgan fingerprint density at radius 3 is 2.44 bits per heavy atom. The maximum Gasteiger partial charge on any atom is 0.266 e. The number of fused-ring (bicyclic) bond motifs is 1. The summed E-state index contributed by atoms with van der Waals surface area (Å²) in [7, 11) is 5.70. The van der Waals surface area contributed by atoms with E-state index in [0.717, 1.165) is 34.5 Å². The standard InChI is InChI=1S/C25H33N3O3S/c1-17(2)19-9-11-20(12-10-19)31-16-22(29)28(15-7-14-27(4)5)25-26-23-21(30-6)13-8-18(3)24(23)32-25/h8-13,17H,7,14-16H2,1-6H3. The highest BCUT2D eigenvalue weighted by Gasteiger charge is 2.22. The maximum absolute atomic E-state index is 13.2. The third-order valence-electron chi connectivity index (χ3n) is 5.34. The topological polar surface area (TPSA) is 54.9 Å². The smallest absolute Gasteiger partial charge is 0.266 e. The predicted octanol–water partition coefficient (Wildman–Crippen LogP) is 5.10. The van der Waals surface area contributed by atoms with Gasteiger partial charge in [0.05, 0.1) is 11.8 Å². The average Bonchev–Trinajstić information content (AvgIpc) is 3.21. The fraction of sp³-hybridized carbons (Fsp3) is 0.440. The zero-order chi connectivity index (χ0) is 23.3. The van der Waals surface area contributed by atoms with Crippen molar-refractivity contribution in [2.75, 3.05) is 45.8 Å². The number of hydrogen-bond donors (Lipinski definition) is 0. The molecule has 0 spiro atoms. The second-order valence-corrected chi connectivity index (χ2v) is 9.45. The van der Waals surface area contributed by atoms with Crippen LogP contribution in [-0.2, 0) is 4.79 Å². The Labute approximate surface area is 194 Å². The van der Waals surface area contributed by atoms with E-state index in [2.05, 4.69) is 18.7 Å². The Morgan fingerprint density at radius 2 is 1.81 bits per heavy atom. The van der Waals surface area contributed by atoms with E-state index in [1.54, 1.807) is 12.0 Å². The van der Waals surface area contributed by atoms with Gasteiger partial charge in [-0.1, -0.05) is 43.4 Å². The van der Waals surface area contributed by atoms with Gasteiger partial charge in [0.1, 0.15) is 17.0 Å². The number of nitrogens with zero attached hydrogens (tertiary/aromatic N) is 3. The summed E-state index contributed by atoms with van der Waals surface area (Å²) < 4.78 is 12.4. The van der Waals surface area contributed by atoms with E-state index in [-0.39, 0.29) is 12.5 Å². The number of ether oxygens (including phenoxy) is 2. The SMILES string of the molecule is COc1ccc(C)c2sc(N(CCCN(C)C)C(=O)COc3ccc(C(C)C)cc3)nc12. The van der Waals surface area contributed by atoms with Gasteiger partial charge in [0.15, 0.2) is 11.7 Å². The third-order valence-corrected chi connectivity index (χ3v) is 6.55. The highest BCUT2D eigenvalue weighted by molar-refractivity contribution is 7.22. The van der Waals surface area contributed by atoms with Crippen LogP contribution in [0.2, 0.25) is 0 Å². The van der Waals surface area contributed by atoms with E-state index < -0.39 is 0 Å². The zero-order valence-electron chi connectivity index (χ0n) is 19.8. The molecule has 0 radical (unpaired) electrons. The highest BCUT2D eigenvalue weighted by atomic mass is 32.1. The van der Waals surface area contributed by atoms with Gasteiger partial charge in [-0.15, -0.1) is 0 Å². The van der Waals surface area contributed by atoms with E-state index in [9.17, 15) is 4.79 Å². The molecule has 1 aromatic heterocycles. The van der Waals surface area contributed by atoms with Crippen molar-refractivity contribution in [3.63, 3.8) is 0 Å². The van der Waals surface area contributed by atoms with Crippen LogP contribution in [-0.4, -0.2) is 56.7 Å². The Hall–Kier alpha value is -2.64. The lowest BCUT2D eigenvalue weighted by molar-refractivity contribution is -0.120. The largest absolute Gasteiger partial charge is 0.494 e. The van der Waals surface area contributed by atoms with Crippen molar-refractivity contribution >= 4 is 32.6 Å². The molecule has 0 unspecified atom stereocenters. The third kappa shape index (κ3) is 5.78. The lowest BCUT2D eigenvalue weighted by Gasteiger charge is -2.21. The van der Waals surface area contributed by atoms with Crippen LogP contribution in [0.3, 0.4) is 0 Å². The van der Waals surface area contributed by atoms with Crippen molar-refractivity contribution < 1.29 is 14.3 Å². The van der Waals surface area contributed by atoms with Gasteiger partial charge in [0, 0.05) is 6.54 Å². The molecule has 0 atom stereocenters. The van der Waals surface area contributed by atoms with Crippen molar-refractivity contribution in [3.05, 3.63) is 47.5 Å². The number of aromatic nitrogens is 1. The van der Waals surface area contributed by atoms with E-state index in [4.69, 9.17) is 14.5 Å². The van der Waals surface area contributed by atoms with Crippen LogP contribution < -0.4 is 14.4 Å². The van der Waals surface area contributed by atoms with Gasteiger partial charge in [-0.2, -0.15) is 0 Å². The summed E-state index contributed by atoms with van der Waals surface area (Å²) in [5.41, 5.74) is 3.16. The molecule has 0 aliphatic rings.